The summed E-state index contributed by atoms with van der Waals surface area (Å²) < 4.78 is 2.10. The van der Waals surface area contributed by atoms with E-state index in [4.69, 9.17) is 11.0 Å². The zero-order valence-corrected chi connectivity index (χ0v) is 13.6. The molecule has 0 spiro atoms. The van der Waals surface area contributed by atoms with E-state index in [0.717, 1.165) is 19.4 Å². The van der Waals surface area contributed by atoms with E-state index < -0.39 is 12.1 Å². The van der Waals surface area contributed by atoms with Crippen LogP contribution < -0.4 is 5.90 Å². The van der Waals surface area contributed by atoms with Crippen LogP contribution in [0, 0.1) is 5.92 Å². The Kier molecular flexibility index (Phi) is 7.29. The van der Waals surface area contributed by atoms with Crippen LogP contribution in [0.1, 0.15) is 51.4 Å². The summed E-state index contributed by atoms with van der Waals surface area (Å²) in [5.74, 6) is 4.66. The zero-order valence-electron chi connectivity index (χ0n) is 13.6. The fourth-order valence-corrected chi connectivity index (χ4v) is 3.27. The van der Waals surface area contributed by atoms with Crippen molar-refractivity contribution in [2.24, 2.45) is 11.8 Å². The molecule has 0 bridgehead atoms. The molecule has 6 heteroatoms. The third kappa shape index (κ3) is 5.80. The van der Waals surface area contributed by atoms with Gasteiger partial charge in [-0.05, 0) is 38.0 Å². The van der Waals surface area contributed by atoms with Crippen molar-refractivity contribution in [3.05, 3.63) is 30.4 Å². The maximum absolute atomic E-state index is 10.9. The molecule has 1 fully saturated rings. The summed E-state index contributed by atoms with van der Waals surface area (Å²) in [6.45, 7) is 0.875. The van der Waals surface area contributed by atoms with Gasteiger partial charge in [-0.1, -0.05) is 30.9 Å². The lowest BCUT2D eigenvalue weighted by Crippen LogP contribution is -2.26. The molecule has 1 heterocycles. The number of carboxylic acids is 1. The highest BCUT2D eigenvalue weighted by Crippen LogP contribution is 2.31. The second-order valence-electron chi connectivity index (χ2n) is 6.24. The maximum Gasteiger partial charge on any atom is 0.334 e. The largest absolute Gasteiger partial charge is 0.479 e. The van der Waals surface area contributed by atoms with Crippen molar-refractivity contribution < 1.29 is 14.7 Å². The van der Waals surface area contributed by atoms with Gasteiger partial charge in [-0.15, -0.1) is 0 Å². The fourth-order valence-electron chi connectivity index (χ4n) is 3.27. The van der Waals surface area contributed by atoms with E-state index in [9.17, 15) is 4.79 Å². The molecule has 1 aromatic heterocycles. The van der Waals surface area contributed by atoms with Crippen molar-refractivity contribution in [1.82, 2.24) is 9.55 Å². The van der Waals surface area contributed by atoms with Gasteiger partial charge in [0.15, 0.2) is 6.10 Å². The Labute approximate surface area is 137 Å². The topological polar surface area (TPSA) is 90.4 Å². The van der Waals surface area contributed by atoms with E-state index in [1.165, 1.54) is 37.7 Å². The number of carboxylic acid groups (broad SMARTS) is 1. The van der Waals surface area contributed by atoms with Crippen LogP contribution in [0.5, 0.6) is 0 Å². The van der Waals surface area contributed by atoms with Crippen molar-refractivity contribution in [2.75, 3.05) is 0 Å². The number of carbonyl (C=O) groups is 1. The van der Waals surface area contributed by atoms with Crippen molar-refractivity contribution in [3.8, 4) is 0 Å². The second-order valence-corrected chi connectivity index (χ2v) is 6.24. The Morgan fingerprint density at radius 3 is 2.83 bits per heavy atom. The predicted molar refractivity (Wildman–Crippen MR) is 87.4 cm³/mol. The highest BCUT2D eigenvalue weighted by molar-refractivity contribution is 5.72. The van der Waals surface area contributed by atoms with Gasteiger partial charge in [0.1, 0.15) is 0 Å². The summed E-state index contributed by atoms with van der Waals surface area (Å²) in [5.41, 5.74) is 1.45. The molecule has 1 saturated carbocycles. The summed E-state index contributed by atoms with van der Waals surface area (Å²) in [6.07, 6.45) is 15.5. The molecule has 2 rings (SSSR count). The van der Waals surface area contributed by atoms with Crippen molar-refractivity contribution in [2.45, 2.75) is 64.0 Å². The minimum atomic E-state index is -0.998. The molecule has 0 radical (unpaired) electrons. The van der Waals surface area contributed by atoms with Gasteiger partial charge >= 0.3 is 5.97 Å². The average molecular weight is 321 g/mol. The molecule has 0 aromatic carbocycles. The lowest BCUT2D eigenvalue weighted by molar-refractivity contribution is -0.151. The zero-order chi connectivity index (χ0) is 16.5. The molecule has 0 amide bonds. The van der Waals surface area contributed by atoms with Crippen LogP contribution in [0.3, 0.4) is 0 Å². The van der Waals surface area contributed by atoms with Crippen LogP contribution in [0.2, 0.25) is 0 Å². The van der Waals surface area contributed by atoms with Gasteiger partial charge in [-0.2, -0.15) is 0 Å². The summed E-state index contributed by atoms with van der Waals surface area (Å²) in [4.78, 5) is 19.5. The average Bonchev–Trinajstić information content (AvgIpc) is 3.07. The predicted octanol–water partition coefficient (Wildman–Crippen LogP) is 2.90. The first-order chi connectivity index (χ1) is 11.2. The quantitative estimate of drug-likeness (QED) is 0.414. The third-order valence-electron chi connectivity index (χ3n) is 4.57. The van der Waals surface area contributed by atoms with Crippen molar-refractivity contribution in [3.63, 3.8) is 0 Å². The smallest absolute Gasteiger partial charge is 0.334 e. The number of hydrogen-bond acceptors (Lipinski definition) is 4. The van der Waals surface area contributed by atoms with Gasteiger partial charge < -0.3 is 9.67 Å². The van der Waals surface area contributed by atoms with E-state index in [-0.39, 0.29) is 0 Å². The number of imidazole rings is 1. The lowest BCUT2D eigenvalue weighted by Gasteiger charge is -2.25. The SMILES string of the molecule is NOC(CCC/C=C(\Cn1ccnc1)C1CCCCC1)C(=O)O. The molecule has 0 aliphatic heterocycles. The molecule has 0 saturated heterocycles. The van der Waals surface area contributed by atoms with E-state index in [0.29, 0.717) is 12.3 Å². The van der Waals surface area contributed by atoms with Gasteiger partial charge in [0.25, 0.3) is 0 Å². The van der Waals surface area contributed by atoms with Crippen LogP contribution in [-0.4, -0.2) is 26.7 Å². The van der Waals surface area contributed by atoms with E-state index in [2.05, 4.69) is 20.5 Å². The Morgan fingerprint density at radius 1 is 1.43 bits per heavy atom. The van der Waals surface area contributed by atoms with Gasteiger partial charge in [0.05, 0.1) is 6.33 Å². The van der Waals surface area contributed by atoms with Gasteiger partial charge in [0, 0.05) is 18.9 Å². The normalized spacial score (nSPS) is 18.0. The summed E-state index contributed by atoms with van der Waals surface area (Å²) in [7, 11) is 0. The second kappa shape index (κ2) is 9.47. The third-order valence-corrected chi connectivity index (χ3v) is 4.57. The van der Waals surface area contributed by atoms with E-state index in [1.807, 2.05) is 12.5 Å². The molecule has 23 heavy (non-hydrogen) atoms. The number of allylic oxidation sites excluding steroid dienone is 2. The van der Waals surface area contributed by atoms with Crippen LogP contribution in [0.25, 0.3) is 0 Å². The van der Waals surface area contributed by atoms with Crippen LogP contribution in [0.15, 0.2) is 30.4 Å². The molecule has 6 nitrogen and oxygen atoms in total. The Bertz CT molecular complexity index is 493. The molecule has 1 atom stereocenters. The van der Waals surface area contributed by atoms with Crippen molar-refractivity contribution >= 4 is 5.97 Å². The Balaban J connectivity index is 1.91. The molecule has 128 valence electrons. The number of rotatable bonds is 9. The summed E-state index contributed by atoms with van der Waals surface area (Å²) in [5, 5.41) is 8.93. The van der Waals surface area contributed by atoms with Gasteiger partial charge in [-0.3, -0.25) is 4.84 Å². The first kappa shape index (κ1) is 17.7. The molecule has 3 N–H and O–H groups in total. The van der Waals surface area contributed by atoms with Gasteiger partial charge in [-0.25, -0.2) is 15.7 Å². The summed E-state index contributed by atoms with van der Waals surface area (Å²) >= 11 is 0. The highest BCUT2D eigenvalue weighted by Gasteiger charge is 2.19. The molecule has 1 aromatic rings. The highest BCUT2D eigenvalue weighted by atomic mass is 16.6. The number of hydrogen-bond donors (Lipinski definition) is 2. The molecular formula is C17H27N3O3. The summed E-state index contributed by atoms with van der Waals surface area (Å²) in [6, 6.07) is 0. The minimum absolute atomic E-state index is 0.436. The number of unbranched alkanes of at least 4 members (excludes halogenated alkanes) is 1. The van der Waals surface area contributed by atoms with Crippen LogP contribution >= 0.6 is 0 Å². The van der Waals surface area contributed by atoms with E-state index in [1.54, 1.807) is 6.20 Å². The van der Waals surface area contributed by atoms with Crippen LogP contribution in [-0.2, 0) is 16.2 Å². The maximum atomic E-state index is 10.9. The minimum Gasteiger partial charge on any atom is -0.479 e. The molecule has 1 aliphatic rings. The number of nitrogens with two attached hydrogens (primary N) is 1. The Hall–Kier alpha value is -1.66. The Morgan fingerprint density at radius 2 is 2.22 bits per heavy atom. The van der Waals surface area contributed by atoms with Crippen molar-refractivity contribution in [1.29, 1.82) is 0 Å². The number of nitrogens with zero attached hydrogens (tertiary/aromatic N) is 2. The van der Waals surface area contributed by atoms with Gasteiger partial charge in [0.2, 0.25) is 0 Å². The lowest BCUT2D eigenvalue weighted by atomic mass is 9.83. The molecular weight excluding hydrogens is 294 g/mol. The molecule has 1 unspecified atom stereocenters. The fraction of sp³-hybridized carbons (Fsp3) is 0.647. The van der Waals surface area contributed by atoms with Crippen LogP contribution in [0.4, 0.5) is 0 Å². The molecule has 1 aliphatic carbocycles. The standard InChI is InChI=1S/C17H27N3O3/c18-23-16(17(21)22)9-5-4-8-15(12-20-11-10-19-13-20)14-6-2-1-3-7-14/h8,10-11,13-14,16H,1-7,9,12,18H2,(H,21,22)/b15-8+. The number of aliphatic carboxylic acids is 1. The first-order valence-corrected chi connectivity index (χ1v) is 8.43. The monoisotopic (exact) mass is 321 g/mol. The van der Waals surface area contributed by atoms with E-state index >= 15 is 0 Å². The first-order valence-electron chi connectivity index (χ1n) is 8.43. The number of aromatic nitrogens is 2.